The number of aliphatic hydroxyl groups is 1. The third-order valence-corrected chi connectivity index (χ3v) is 7.51. The Morgan fingerprint density at radius 1 is 1.33 bits per heavy atom. The number of amides is 2. The maximum Gasteiger partial charge on any atom is 0.353 e. The minimum absolute atomic E-state index is 0.0283. The monoisotopic (exact) mass is 395 g/mol. The number of carbonyl (C=O) groups excluding carboxylic acids is 2. The van der Waals surface area contributed by atoms with E-state index in [1.54, 1.807) is 6.92 Å². The molecule has 0 spiro atoms. The van der Waals surface area contributed by atoms with Gasteiger partial charge in [0.1, 0.15) is 5.70 Å². The van der Waals surface area contributed by atoms with Crippen LogP contribution in [0.1, 0.15) is 26.7 Å². The van der Waals surface area contributed by atoms with Crippen molar-refractivity contribution in [2.24, 2.45) is 11.8 Å². The first-order chi connectivity index (χ1) is 12.8. The second-order valence-corrected chi connectivity index (χ2v) is 8.97. The van der Waals surface area contributed by atoms with Gasteiger partial charge in [-0.15, -0.1) is 11.8 Å². The van der Waals surface area contributed by atoms with Crippen LogP contribution in [-0.2, 0) is 14.4 Å². The van der Waals surface area contributed by atoms with E-state index in [0.29, 0.717) is 23.9 Å². The summed E-state index contributed by atoms with van der Waals surface area (Å²) in [6, 6.07) is -0.259. The summed E-state index contributed by atoms with van der Waals surface area (Å²) in [7, 11) is 0. The molecule has 2 N–H and O–H groups in total. The Bertz CT molecular complexity index is 724. The van der Waals surface area contributed by atoms with Gasteiger partial charge in [0, 0.05) is 29.7 Å². The van der Waals surface area contributed by atoms with Gasteiger partial charge in [-0.05, 0) is 19.8 Å². The van der Waals surface area contributed by atoms with E-state index in [0.717, 1.165) is 19.4 Å². The first-order valence-corrected chi connectivity index (χ1v) is 10.5. The van der Waals surface area contributed by atoms with Gasteiger partial charge in [0.15, 0.2) is 0 Å². The van der Waals surface area contributed by atoms with E-state index >= 15 is 0 Å². The predicted octanol–water partition coefficient (Wildman–Crippen LogP) is 0.137. The first kappa shape index (κ1) is 18.8. The summed E-state index contributed by atoms with van der Waals surface area (Å²) in [6.07, 6.45) is 1.20. The number of β-lactam (4-membered cyclic amide) rings is 1. The number of rotatable bonds is 6. The van der Waals surface area contributed by atoms with E-state index in [2.05, 4.69) is 4.90 Å². The second-order valence-electron chi connectivity index (χ2n) is 7.83. The standard InChI is InChI=1S/C18H25N3O5S/c1-9-13-12(10(2)22)17(24)21(13)14(18(25)26)15(9)27-7-6-20-8-19-5-3-4-11(19)16(20)23/h9-13,22H,3-8H2,1-2H3,(H,25,26)/t9-,10-,11-,12-,13-/m1/s1. The fourth-order valence-electron chi connectivity index (χ4n) is 4.94. The molecule has 2 amide bonds. The molecular formula is C18H25N3O5S. The van der Waals surface area contributed by atoms with Gasteiger partial charge in [-0.25, -0.2) is 4.79 Å². The highest BCUT2D eigenvalue weighted by atomic mass is 32.2. The molecule has 4 rings (SSSR count). The van der Waals surface area contributed by atoms with Crippen LogP contribution in [0.2, 0.25) is 0 Å². The predicted molar refractivity (Wildman–Crippen MR) is 98.4 cm³/mol. The average molecular weight is 395 g/mol. The number of carboxylic acid groups (broad SMARTS) is 1. The lowest BCUT2D eigenvalue weighted by Gasteiger charge is -2.46. The molecule has 3 saturated heterocycles. The van der Waals surface area contributed by atoms with Crippen LogP contribution < -0.4 is 0 Å². The third kappa shape index (κ3) is 2.78. The lowest BCUT2D eigenvalue weighted by atomic mass is 9.79. The largest absolute Gasteiger partial charge is 0.477 e. The molecule has 0 unspecified atom stereocenters. The van der Waals surface area contributed by atoms with Crippen molar-refractivity contribution in [3.8, 4) is 0 Å². The van der Waals surface area contributed by atoms with E-state index in [1.807, 2.05) is 11.8 Å². The van der Waals surface area contributed by atoms with Crippen molar-refractivity contribution >= 4 is 29.5 Å². The molecule has 0 aromatic rings. The van der Waals surface area contributed by atoms with Crippen molar-refractivity contribution in [2.75, 3.05) is 25.5 Å². The maximum absolute atomic E-state index is 12.4. The van der Waals surface area contributed by atoms with E-state index < -0.39 is 18.0 Å². The summed E-state index contributed by atoms with van der Waals surface area (Å²) in [5.41, 5.74) is 0.0489. The zero-order chi connectivity index (χ0) is 19.5. The Hall–Kier alpha value is -1.58. The Labute approximate surface area is 162 Å². The van der Waals surface area contributed by atoms with Gasteiger partial charge < -0.3 is 20.0 Å². The normalized spacial score (nSPS) is 34.2. The van der Waals surface area contributed by atoms with Crippen LogP contribution in [0.3, 0.4) is 0 Å². The molecule has 4 aliphatic heterocycles. The number of hydrogen-bond donors (Lipinski definition) is 2. The van der Waals surface area contributed by atoms with Crippen molar-refractivity contribution in [1.82, 2.24) is 14.7 Å². The molecule has 9 heteroatoms. The SMILES string of the molecule is C[C@@H](O)[C@H]1C(=O)N2C(C(=O)O)=C(SCCN3CN4CCC[C@@H]4C3=O)[C@H](C)[C@H]12. The third-order valence-electron chi connectivity index (χ3n) is 6.24. The molecule has 4 aliphatic rings. The number of thioether (sulfide) groups is 1. The number of nitrogens with zero attached hydrogens (tertiary/aromatic N) is 3. The van der Waals surface area contributed by atoms with E-state index in [1.165, 1.54) is 16.7 Å². The number of fused-ring (bicyclic) bond motifs is 2. The van der Waals surface area contributed by atoms with Crippen LogP contribution in [0.25, 0.3) is 0 Å². The van der Waals surface area contributed by atoms with Crippen LogP contribution in [0.4, 0.5) is 0 Å². The maximum atomic E-state index is 12.4. The van der Waals surface area contributed by atoms with Crippen molar-refractivity contribution < 1.29 is 24.6 Å². The summed E-state index contributed by atoms with van der Waals surface area (Å²) in [5, 5.41) is 19.5. The van der Waals surface area contributed by atoms with Crippen LogP contribution in [0, 0.1) is 11.8 Å². The highest BCUT2D eigenvalue weighted by Crippen LogP contribution is 2.50. The van der Waals surface area contributed by atoms with Gasteiger partial charge in [-0.1, -0.05) is 6.92 Å². The lowest BCUT2D eigenvalue weighted by Crippen LogP contribution is -2.63. The summed E-state index contributed by atoms with van der Waals surface area (Å²) < 4.78 is 0. The van der Waals surface area contributed by atoms with E-state index in [9.17, 15) is 24.6 Å². The summed E-state index contributed by atoms with van der Waals surface area (Å²) in [5.74, 6) is -1.33. The molecule has 5 atom stereocenters. The van der Waals surface area contributed by atoms with Gasteiger partial charge in [0.25, 0.3) is 0 Å². The van der Waals surface area contributed by atoms with Crippen molar-refractivity contribution in [2.45, 2.75) is 44.9 Å². The minimum Gasteiger partial charge on any atom is -0.477 e. The number of aliphatic hydroxyl groups excluding tert-OH is 1. The molecule has 3 fully saturated rings. The Morgan fingerprint density at radius 3 is 2.70 bits per heavy atom. The highest BCUT2D eigenvalue weighted by Gasteiger charge is 2.59. The highest BCUT2D eigenvalue weighted by molar-refractivity contribution is 8.03. The molecule has 27 heavy (non-hydrogen) atoms. The van der Waals surface area contributed by atoms with Crippen LogP contribution in [0.5, 0.6) is 0 Å². The Morgan fingerprint density at radius 2 is 2.07 bits per heavy atom. The minimum atomic E-state index is -1.11. The molecule has 0 aromatic heterocycles. The molecule has 0 aromatic carbocycles. The molecule has 4 heterocycles. The molecule has 8 nitrogen and oxygen atoms in total. The molecule has 0 radical (unpaired) electrons. The molecule has 0 saturated carbocycles. The number of carbonyl (C=O) groups is 3. The van der Waals surface area contributed by atoms with Crippen LogP contribution >= 0.6 is 11.8 Å². The van der Waals surface area contributed by atoms with Crippen LogP contribution in [-0.4, -0.2) is 86.4 Å². The quantitative estimate of drug-likeness (QED) is 0.617. The summed E-state index contributed by atoms with van der Waals surface area (Å²) >= 11 is 1.42. The molecule has 148 valence electrons. The zero-order valence-electron chi connectivity index (χ0n) is 15.5. The second kappa shape index (κ2) is 6.79. The lowest BCUT2D eigenvalue weighted by molar-refractivity contribution is -0.163. The zero-order valence-corrected chi connectivity index (χ0v) is 16.3. The average Bonchev–Trinajstić information content (AvgIpc) is 3.22. The Balaban J connectivity index is 1.43. The van der Waals surface area contributed by atoms with E-state index in [4.69, 9.17) is 0 Å². The molecule has 0 aliphatic carbocycles. The number of hydrogen-bond acceptors (Lipinski definition) is 6. The van der Waals surface area contributed by atoms with Gasteiger partial charge in [-0.2, -0.15) is 0 Å². The number of aliphatic carboxylic acids is 1. The van der Waals surface area contributed by atoms with Gasteiger partial charge in [0.05, 0.1) is 30.8 Å². The van der Waals surface area contributed by atoms with Crippen molar-refractivity contribution in [3.63, 3.8) is 0 Å². The topological polar surface area (TPSA) is 101 Å². The van der Waals surface area contributed by atoms with E-state index in [-0.39, 0.29) is 35.5 Å². The summed E-state index contributed by atoms with van der Waals surface area (Å²) in [4.78, 5) is 42.6. The van der Waals surface area contributed by atoms with Gasteiger partial charge in [-0.3, -0.25) is 14.5 Å². The van der Waals surface area contributed by atoms with Crippen LogP contribution in [0.15, 0.2) is 10.6 Å². The number of carboxylic acids is 1. The van der Waals surface area contributed by atoms with Crippen molar-refractivity contribution in [3.05, 3.63) is 10.6 Å². The summed E-state index contributed by atoms with van der Waals surface area (Å²) in [6.45, 7) is 5.67. The molecule has 0 bridgehead atoms. The Kier molecular flexibility index (Phi) is 4.72. The van der Waals surface area contributed by atoms with Gasteiger partial charge in [0.2, 0.25) is 11.8 Å². The molecular weight excluding hydrogens is 370 g/mol. The fourth-order valence-corrected chi connectivity index (χ4v) is 6.19. The first-order valence-electron chi connectivity index (χ1n) is 9.47. The fraction of sp³-hybridized carbons (Fsp3) is 0.722. The smallest absolute Gasteiger partial charge is 0.353 e. The van der Waals surface area contributed by atoms with Crippen molar-refractivity contribution in [1.29, 1.82) is 0 Å². The van der Waals surface area contributed by atoms with Gasteiger partial charge >= 0.3 is 5.97 Å².